The molecule has 0 fully saturated rings. The molecule has 0 heterocycles. The third-order valence-electron chi connectivity index (χ3n) is 3.07. The molecule has 2 rings (SSSR count). The van der Waals surface area contributed by atoms with Gasteiger partial charge in [0, 0.05) is 10.2 Å². The molecule has 3 N–H and O–H groups in total. The highest BCUT2D eigenvalue weighted by atomic mass is 79.9. The van der Waals surface area contributed by atoms with Crippen LogP contribution in [-0.4, -0.2) is 23.1 Å². The standard InChI is InChI=1S/C15H15BrN2O3/c1-2-13(14(19)20)18-15(21)17-12-6-4-9-7-11(16)5-3-10(9)8-12/h3-8,13H,2H2,1H3,(H,19,20)(H2,17,18,21). The summed E-state index contributed by atoms with van der Waals surface area (Å²) in [6.07, 6.45) is 0.328. The average Bonchev–Trinajstić information content (AvgIpc) is 2.44. The van der Waals surface area contributed by atoms with Crippen LogP contribution >= 0.6 is 15.9 Å². The van der Waals surface area contributed by atoms with Crippen LogP contribution in [0.15, 0.2) is 40.9 Å². The molecule has 0 aliphatic heterocycles. The summed E-state index contributed by atoms with van der Waals surface area (Å²) in [4.78, 5) is 22.7. The number of amides is 2. The van der Waals surface area contributed by atoms with Crippen molar-refractivity contribution >= 4 is 44.4 Å². The fourth-order valence-electron chi connectivity index (χ4n) is 1.96. The Labute approximate surface area is 130 Å². The van der Waals surface area contributed by atoms with E-state index in [0.29, 0.717) is 12.1 Å². The lowest BCUT2D eigenvalue weighted by molar-refractivity contribution is -0.139. The van der Waals surface area contributed by atoms with Gasteiger partial charge < -0.3 is 15.7 Å². The van der Waals surface area contributed by atoms with E-state index in [1.807, 2.05) is 30.3 Å². The smallest absolute Gasteiger partial charge is 0.326 e. The number of carbonyl (C=O) groups is 2. The molecule has 0 saturated heterocycles. The molecule has 2 aromatic rings. The van der Waals surface area contributed by atoms with Gasteiger partial charge in [0.2, 0.25) is 0 Å². The molecule has 0 saturated carbocycles. The normalized spacial score (nSPS) is 11.9. The first-order valence-electron chi connectivity index (χ1n) is 6.49. The van der Waals surface area contributed by atoms with E-state index in [-0.39, 0.29) is 0 Å². The molecular formula is C15H15BrN2O3. The highest BCUT2D eigenvalue weighted by molar-refractivity contribution is 9.10. The Balaban J connectivity index is 2.10. The Kier molecular flexibility index (Phi) is 4.80. The summed E-state index contributed by atoms with van der Waals surface area (Å²) in [5, 5.41) is 16.0. The number of fused-ring (bicyclic) bond motifs is 1. The minimum atomic E-state index is -1.05. The van der Waals surface area contributed by atoms with E-state index in [1.165, 1.54) is 0 Å². The summed E-state index contributed by atoms with van der Waals surface area (Å²) < 4.78 is 0.987. The number of urea groups is 1. The van der Waals surface area contributed by atoms with Crippen molar-refractivity contribution in [3.8, 4) is 0 Å². The summed E-state index contributed by atoms with van der Waals surface area (Å²) in [6.45, 7) is 1.70. The fourth-order valence-corrected chi connectivity index (χ4v) is 2.34. The van der Waals surface area contributed by atoms with Crippen molar-refractivity contribution in [1.82, 2.24) is 5.32 Å². The quantitative estimate of drug-likeness (QED) is 0.788. The zero-order valence-corrected chi connectivity index (χ0v) is 13.0. The minimum Gasteiger partial charge on any atom is -0.480 e. The zero-order valence-electron chi connectivity index (χ0n) is 11.4. The Morgan fingerprint density at radius 1 is 1.19 bits per heavy atom. The maximum absolute atomic E-state index is 11.8. The molecule has 110 valence electrons. The lowest BCUT2D eigenvalue weighted by atomic mass is 10.1. The fraction of sp³-hybridized carbons (Fsp3) is 0.200. The summed E-state index contributed by atoms with van der Waals surface area (Å²) in [5.41, 5.74) is 0.613. The number of hydrogen-bond donors (Lipinski definition) is 3. The van der Waals surface area contributed by atoms with E-state index in [2.05, 4.69) is 26.6 Å². The number of hydrogen-bond acceptors (Lipinski definition) is 2. The van der Waals surface area contributed by atoms with Gasteiger partial charge in [0.15, 0.2) is 0 Å². The lowest BCUT2D eigenvalue weighted by Gasteiger charge is -2.13. The van der Waals surface area contributed by atoms with E-state index in [9.17, 15) is 9.59 Å². The number of carboxylic acids is 1. The van der Waals surface area contributed by atoms with Crippen LogP contribution in [0, 0.1) is 0 Å². The molecule has 0 spiro atoms. The van der Waals surface area contributed by atoms with Gasteiger partial charge in [-0.3, -0.25) is 0 Å². The predicted molar refractivity (Wildman–Crippen MR) is 85.5 cm³/mol. The number of aliphatic carboxylic acids is 1. The molecule has 1 unspecified atom stereocenters. The molecule has 2 aromatic carbocycles. The average molecular weight is 351 g/mol. The van der Waals surface area contributed by atoms with Crippen molar-refractivity contribution in [3.63, 3.8) is 0 Å². The van der Waals surface area contributed by atoms with Gasteiger partial charge >= 0.3 is 12.0 Å². The third-order valence-corrected chi connectivity index (χ3v) is 3.57. The molecule has 2 amide bonds. The molecule has 1 atom stereocenters. The Morgan fingerprint density at radius 2 is 1.86 bits per heavy atom. The van der Waals surface area contributed by atoms with Crippen molar-refractivity contribution in [2.24, 2.45) is 0 Å². The van der Waals surface area contributed by atoms with E-state index < -0.39 is 18.0 Å². The van der Waals surface area contributed by atoms with Crippen LogP contribution in [0.5, 0.6) is 0 Å². The molecule has 0 bridgehead atoms. The van der Waals surface area contributed by atoms with E-state index in [1.54, 1.807) is 13.0 Å². The minimum absolute atomic E-state index is 0.328. The summed E-state index contributed by atoms with van der Waals surface area (Å²) >= 11 is 3.40. The van der Waals surface area contributed by atoms with Crippen LogP contribution in [0.25, 0.3) is 10.8 Å². The monoisotopic (exact) mass is 350 g/mol. The van der Waals surface area contributed by atoms with Crippen molar-refractivity contribution in [3.05, 3.63) is 40.9 Å². The largest absolute Gasteiger partial charge is 0.480 e. The van der Waals surface area contributed by atoms with Gasteiger partial charge in [-0.15, -0.1) is 0 Å². The molecule has 0 aliphatic rings. The molecule has 0 aliphatic carbocycles. The maximum Gasteiger partial charge on any atom is 0.326 e. The summed E-state index contributed by atoms with van der Waals surface area (Å²) in [5.74, 6) is -1.05. The first-order chi connectivity index (χ1) is 9.99. The topological polar surface area (TPSA) is 78.4 Å². The number of carboxylic acid groups (broad SMARTS) is 1. The van der Waals surface area contributed by atoms with E-state index in [4.69, 9.17) is 5.11 Å². The Morgan fingerprint density at radius 3 is 2.52 bits per heavy atom. The third kappa shape index (κ3) is 3.95. The van der Waals surface area contributed by atoms with Crippen LogP contribution < -0.4 is 10.6 Å². The SMILES string of the molecule is CCC(NC(=O)Nc1ccc2cc(Br)ccc2c1)C(=O)O. The number of carbonyl (C=O) groups excluding carboxylic acids is 1. The van der Waals surface area contributed by atoms with Crippen LogP contribution in [-0.2, 0) is 4.79 Å². The van der Waals surface area contributed by atoms with Crippen LogP contribution in [0.2, 0.25) is 0 Å². The summed E-state index contributed by atoms with van der Waals surface area (Å²) in [6, 6.07) is 9.93. The number of rotatable bonds is 4. The second-order valence-electron chi connectivity index (χ2n) is 4.60. The highest BCUT2D eigenvalue weighted by Crippen LogP contribution is 2.22. The summed E-state index contributed by atoms with van der Waals surface area (Å²) in [7, 11) is 0. The second kappa shape index (κ2) is 6.58. The Hall–Kier alpha value is -2.08. The van der Waals surface area contributed by atoms with Crippen molar-refractivity contribution in [2.45, 2.75) is 19.4 Å². The molecule has 21 heavy (non-hydrogen) atoms. The number of benzene rings is 2. The molecule has 6 heteroatoms. The number of halogens is 1. The zero-order chi connectivity index (χ0) is 15.4. The number of nitrogens with one attached hydrogen (secondary N) is 2. The molecule has 0 aromatic heterocycles. The second-order valence-corrected chi connectivity index (χ2v) is 5.52. The van der Waals surface area contributed by atoms with Gasteiger partial charge in [-0.1, -0.05) is 35.0 Å². The lowest BCUT2D eigenvalue weighted by Crippen LogP contribution is -2.42. The molecule has 5 nitrogen and oxygen atoms in total. The number of anilines is 1. The van der Waals surface area contributed by atoms with Gasteiger partial charge in [-0.2, -0.15) is 0 Å². The van der Waals surface area contributed by atoms with E-state index >= 15 is 0 Å². The van der Waals surface area contributed by atoms with Gasteiger partial charge in [0.05, 0.1) is 0 Å². The maximum atomic E-state index is 11.8. The van der Waals surface area contributed by atoms with E-state index in [0.717, 1.165) is 15.2 Å². The Bertz CT molecular complexity index is 688. The highest BCUT2D eigenvalue weighted by Gasteiger charge is 2.17. The van der Waals surface area contributed by atoms with Crippen LogP contribution in [0.4, 0.5) is 10.5 Å². The van der Waals surface area contributed by atoms with Gasteiger partial charge in [0.25, 0.3) is 0 Å². The first kappa shape index (κ1) is 15.3. The van der Waals surface area contributed by atoms with Gasteiger partial charge in [-0.25, -0.2) is 9.59 Å². The van der Waals surface area contributed by atoms with Gasteiger partial charge in [0.1, 0.15) is 6.04 Å². The predicted octanol–water partition coefficient (Wildman–Crippen LogP) is 3.59. The molecular weight excluding hydrogens is 336 g/mol. The van der Waals surface area contributed by atoms with Crippen molar-refractivity contribution in [2.75, 3.05) is 5.32 Å². The van der Waals surface area contributed by atoms with Crippen LogP contribution in [0.1, 0.15) is 13.3 Å². The van der Waals surface area contributed by atoms with Crippen molar-refractivity contribution in [1.29, 1.82) is 0 Å². The molecule has 0 radical (unpaired) electrons. The van der Waals surface area contributed by atoms with Crippen molar-refractivity contribution < 1.29 is 14.7 Å². The van der Waals surface area contributed by atoms with Crippen LogP contribution in [0.3, 0.4) is 0 Å². The van der Waals surface area contributed by atoms with Gasteiger partial charge in [-0.05, 0) is 41.5 Å². The first-order valence-corrected chi connectivity index (χ1v) is 7.28.